The van der Waals surface area contributed by atoms with Crippen LogP contribution in [0.3, 0.4) is 0 Å². The molecule has 0 bridgehead atoms. The van der Waals surface area contributed by atoms with Crippen molar-refractivity contribution in [3.05, 3.63) is 93.7 Å². The molecule has 4 rings (SSSR count). The molecule has 208 valence electrons. The minimum Gasteiger partial charge on any atom is -0.345 e. The third kappa shape index (κ3) is 7.63. The maximum atomic E-state index is 14.1. The van der Waals surface area contributed by atoms with Crippen molar-refractivity contribution in [2.45, 2.75) is 90.9 Å². The van der Waals surface area contributed by atoms with Crippen LogP contribution in [-0.2, 0) is 24.3 Å². The molecular weight excluding hydrogens is 550 g/mol. The lowest BCUT2D eigenvalue weighted by Gasteiger charge is -2.37. The predicted octanol–water partition coefficient (Wildman–Crippen LogP) is 7.46. The highest BCUT2D eigenvalue weighted by Crippen LogP contribution is 2.26. The van der Waals surface area contributed by atoms with Crippen LogP contribution >= 0.6 is 15.9 Å². The van der Waals surface area contributed by atoms with E-state index in [9.17, 15) is 9.59 Å². The Morgan fingerprint density at radius 2 is 1.62 bits per heavy atom. The first-order chi connectivity index (χ1) is 18.9. The molecule has 0 aliphatic heterocycles. The molecule has 1 aliphatic rings. The molecule has 2 aromatic carbocycles. The van der Waals surface area contributed by atoms with Gasteiger partial charge in [0, 0.05) is 40.6 Å². The lowest BCUT2D eigenvalue weighted by atomic mass is 9.94. The van der Waals surface area contributed by atoms with Crippen LogP contribution in [-0.4, -0.2) is 44.8 Å². The fraction of sp³-hybridized carbons (Fsp3) is 0.455. The standard InChI is InChI=1S/C33H42BrN3O2/c1-4-25(3)36(33(39)28-17-13-26(5-2)14-18-28)24-32(38)37(30-10-7-6-8-11-30)23-31-12-9-21-35(31)22-27-15-19-29(34)20-16-27/h9,12-21,25,30H,4-8,10-11,22-24H2,1-3H3/t25-/m1/s1. The summed E-state index contributed by atoms with van der Waals surface area (Å²) in [7, 11) is 0. The zero-order chi connectivity index (χ0) is 27.8. The fourth-order valence-corrected chi connectivity index (χ4v) is 5.72. The van der Waals surface area contributed by atoms with E-state index in [0.717, 1.165) is 55.2 Å². The molecule has 6 heteroatoms. The lowest BCUT2D eigenvalue weighted by molar-refractivity contribution is -0.136. The van der Waals surface area contributed by atoms with E-state index in [1.165, 1.54) is 17.5 Å². The highest BCUT2D eigenvalue weighted by Gasteiger charge is 2.30. The number of hydrogen-bond donors (Lipinski definition) is 0. The van der Waals surface area contributed by atoms with Gasteiger partial charge in [0.1, 0.15) is 6.54 Å². The van der Waals surface area contributed by atoms with Crippen molar-refractivity contribution in [1.29, 1.82) is 0 Å². The Hall–Kier alpha value is -2.86. The molecule has 2 amide bonds. The molecule has 1 fully saturated rings. The Morgan fingerprint density at radius 1 is 0.949 bits per heavy atom. The summed E-state index contributed by atoms with van der Waals surface area (Å²) in [6, 6.07) is 20.6. The quantitative estimate of drug-likeness (QED) is 0.232. The van der Waals surface area contributed by atoms with Crippen LogP contribution in [0.25, 0.3) is 0 Å². The van der Waals surface area contributed by atoms with Gasteiger partial charge in [-0.05, 0) is 80.1 Å². The summed E-state index contributed by atoms with van der Waals surface area (Å²) < 4.78 is 3.30. The molecule has 0 N–H and O–H groups in total. The van der Waals surface area contributed by atoms with Crippen LogP contribution in [0.2, 0.25) is 0 Å². The molecule has 0 saturated heterocycles. The fourth-order valence-electron chi connectivity index (χ4n) is 5.46. The summed E-state index contributed by atoms with van der Waals surface area (Å²) >= 11 is 3.52. The number of carbonyl (C=O) groups is 2. The first-order valence-electron chi connectivity index (χ1n) is 14.5. The van der Waals surface area contributed by atoms with Crippen LogP contribution in [0.5, 0.6) is 0 Å². The third-order valence-corrected chi connectivity index (χ3v) is 8.69. The summed E-state index contributed by atoms with van der Waals surface area (Å²) in [6.45, 7) is 7.64. The maximum Gasteiger partial charge on any atom is 0.254 e. The molecule has 3 aromatic rings. The van der Waals surface area contributed by atoms with Crippen LogP contribution < -0.4 is 0 Å². The van der Waals surface area contributed by atoms with Gasteiger partial charge in [0.2, 0.25) is 5.91 Å². The van der Waals surface area contributed by atoms with E-state index in [1.54, 1.807) is 4.90 Å². The second-order valence-electron chi connectivity index (χ2n) is 10.8. The van der Waals surface area contributed by atoms with Crippen LogP contribution in [0.1, 0.15) is 86.5 Å². The van der Waals surface area contributed by atoms with Gasteiger partial charge < -0.3 is 14.4 Å². The summed E-state index contributed by atoms with van der Waals surface area (Å²) in [5.74, 6) is -0.0281. The first kappa shape index (κ1) is 29.1. The Balaban J connectivity index is 1.55. The molecule has 0 radical (unpaired) electrons. The van der Waals surface area contributed by atoms with Gasteiger partial charge in [0.15, 0.2) is 0 Å². The Bertz CT molecular complexity index is 1210. The van der Waals surface area contributed by atoms with Gasteiger partial charge in [-0.1, -0.05) is 73.3 Å². The van der Waals surface area contributed by atoms with Crippen molar-refractivity contribution in [2.75, 3.05) is 6.54 Å². The number of rotatable bonds is 11. The largest absolute Gasteiger partial charge is 0.345 e. The third-order valence-electron chi connectivity index (χ3n) is 8.16. The molecule has 1 aliphatic carbocycles. The van der Waals surface area contributed by atoms with Crippen LogP contribution in [0, 0.1) is 0 Å². The summed E-state index contributed by atoms with van der Waals surface area (Å²) in [5, 5.41) is 0. The lowest BCUT2D eigenvalue weighted by Crippen LogP contribution is -2.49. The highest BCUT2D eigenvalue weighted by molar-refractivity contribution is 9.10. The Kier molecular flexibility index (Phi) is 10.4. The predicted molar refractivity (Wildman–Crippen MR) is 162 cm³/mol. The Labute approximate surface area is 242 Å². The minimum atomic E-state index is -0.0671. The summed E-state index contributed by atoms with van der Waals surface area (Å²) in [4.78, 5) is 31.5. The topological polar surface area (TPSA) is 45.6 Å². The van der Waals surface area contributed by atoms with E-state index in [1.807, 2.05) is 31.2 Å². The van der Waals surface area contributed by atoms with Gasteiger partial charge in [-0.15, -0.1) is 0 Å². The number of carbonyl (C=O) groups excluding carboxylic acids is 2. The summed E-state index contributed by atoms with van der Waals surface area (Å²) in [5.41, 5.74) is 4.18. The van der Waals surface area contributed by atoms with E-state index < -0.39 is 0 Å². The molecular formula is C33H42BrN3O2. The Morgan fingerprint density at radius 3 is 2.26 bits per heavy atom. The van der Waals surface area contributed by atoms with Crippen LogP contribution in [0.15, 0.2) is 71.3 Å². The molecule has 1 heterocycles. The van der Waals surface area contributed by atoms with E-state index in [0.29, 0.717) is 12.1 Å². The zero-order valence-corrected chi connectivity index (χ0v) is 25.2. The monoisotopic (exact) mass is 591 g/mol. The molecule has 1 saturated carbocycles. The average Bonchev–Trinajstić information content (AvgIpc) is 3.41. The molecule has 0 unspecified atom stereocenters. The van der Waals surface area contributed by atoms with Crippen molar-refractivity contribution in [3.8, 4) is 0 Å². The van der Waals surface area contributed by atoms with Gasteiger partial charge in [0.05, 0.1) is 6.54 Å². The van der Waals surface area contributed by atoms with Gasteiger partial charge >= 0.3 is 0 Å². The van der Waals surface area contributed by atoms with E-state index in [4.69, 9.17) is 0 Å². The van der Waals surface area contributed by atoms with Crippen LogP contribution in [0.4, 0.5) is 0 Å². The van der Waals surface area contributed by atoms with E-state index >= 15 is 0 Å². The van der Waals surface area contributed by atoms with Gasteiger partial charge in [-0.25, -0.2) is 0 Å². The normalized spacial score (nSPS) is 14.7. The smallest absolute Gasteiger partial charge is 0.254 e. The molecule has 0 spiro atoms. The second kappa shape index (κ2) is 14.0. The first-order valence-corrected chi connectivity index (χ1v) is 15.3. The molecule has 39 heavy (non-hydrogen) atoms. The number of halogens is 1. The molecule has 1 atom stereocenters. The molecule has 5 nitrogen and oxygen atoms in total. The van der Waals surface area contributed by atoms with Crippen molar-refractivity contribution < 1.29 is 9.59 Å². The number of benzene rings is 2. The van der Waals surface area contributed by atoms with Gasteiger partial charge in [-0.3, -0.25) is 9.59 Å². The number of amides is 2. The second-order valence-corrected chi connectivity index (χ2v) is 11.7. The number of nitrogens with zero attached hydrogens (tertiary/aromatic N) is 3. The maximum absolute atomic E-state index is 14.1. The van der Waals surface area contributed by atoms with Crippen molar-refractivity contribution >= 4 is 27.7 Å². The SMILES string of the molecule is CCc1ccc(C(=O)N(CC(=O)N(Cc2cccn2Cc2ccc(Br)cc2)C2CCCCC2)[C@H](C)CC)cc1. The summed E-state index contributed by atoms with van der Waals surface area (Å²) in [6.07, 6.45) is 9.38. The molecule has 1 aromatic heterocycles. The van der Waals surface area contributed by atoms with E-state index in [-0.39, 0.29) is 30.4 Å². The van der Waals surface area contributed by atoms with Crippen molar-refractivity contribution in [1.82, 2.24) is 14.4 Å². The highest BCUT2D eigenvalue weighted by atomic mass is 79.9. The number of hydrogen-bond acceptors (Lipinski definition) is 2. The van der Waals surface area contributed by atoms with Crippen molar-refractivity contribution in [2.24, 2.45) is 0 Å². The van der Waals surface area contributed by atoms with Gasteiger partial charge in [0.25, 0.3) is 5.91 Å². The van der Waals surface area contributed by atoms with Crippen molar-refractivity contribution in [3.63, 3.8) is 0 Å². The minimum absolute atomic E-state index is 0.0261. The number of aryl methyl sites for hydroxylation is 1. The average molecular weight is 593 g/mol. The van der Waals surface area contributed by atoms with E-state index in [2.05, 4.69) is 81.8 Å². The zero-order valence-electron chi connectivity index (χ0n) is 23.6. The van der Waals surface area contributed by atoms with Gasteiger partial charge in [-0.2, -0.15) is 0 Å². The number of aromatic nitrogens is 1.